The van der Waals surface area contributed by atoms with Gasteiger partial charge in [0.2, 0.25) is 5.91 Å². The summed E-state index contributed by atoms with van der Waals surface area (Å²) in [5.74, 6) is -0.967. The molecular formula is C25H41NO5Si. The van der Waals surface area contributed by atoms with Gasteiger partial charge in [-0.15, -0.1) is 0 Å². The van der Waals surface area contributed by atoms with Gasteiger partial charge in [-0.3, -0.25) is 4.79 Å². The lowest BCUT2D eigenvalue weighted by Gasteiger charge is -2.50. The van der Waals surface area contributed by atoms with Gasteiger partial charge in [0.25, 0.3) is 0 Å². The number of aliphatic hydroxyl groups excluding tert-OH is 1. The van der Waals surface area contributed by atoms with Crippen LogP contribution in [0.1, 0.15) is 60.3 Å². The summed E-state index contributed by atoms with van der Waals surface area (Å²) in [6, 6.07) is -0.181. The second-order valence-electron chi connectivity index (χ2n) is 11.3. The minimum atomic E-state index is -2.06. The third kappa shape index (κ3) is 4.24. The van der Waals surface area contributed by atoms with Crippen LogP contribution < -0.4 is 0 Å². The van der Waals surface area contributed by atoms with Crippen LogP contribution in [-0.2, 0) is 18.8 Å². The van der Waals surface area contributed by atoms with Crippen LogP contribution in [0.15, 0.2) is 23.9 Å². The number of fused-ring (bicyclic) bond motifs is 1. The highest BCUT2D eigenvalue weighted by Gasteiger charge is 2.62. The molecule has 0 aromatic heterocycles. The number of hydrogen-bond acceptors (Lipinski definition) is 5. The lowest BCUT2D eigenvalue weighted by molar-refractivity contribution is -0.163. The Hall–Kier alpha value is -1.44. The summed E-state index contributed by atoms with van der Waals surface area (Å²) < 4.78 is 11.9. The van der Waals surface area contributed by atoms with Gasteiger partial charge in [0, 0.05) is 5.92 Å². The Morgan fingerprint density at radius 1 is 1.31 bits per heavy atom. The van der Waals surface area contributed by atoms with Crippen molar-refractivity contribution in [3.63, 3.8) is 0 Å². The molecule has 5 atom stereocenters. The first kappa shape index (κ1) is 25.2. The third-order valence-corrected chi connectivity index (χ3v) is 12.8. The van der Waals surface area contributed by atoms with Gasteiger partial charge in [0.05, 0.1) is 24.2 Å². The first-order valence-electron chi connectivity index (χ1n) is 12.0. The molecular weight excluding hydrogens is 422 g/mol. The molecule has 6 nitrogen and oxygen atoms in total. The molecule has 0 aromatic carbocycles. The van der Waals surface area contributed by atoms with E-state index < -0.39 is 20.4 Å². The van der Waals surface area contributed by atoms with E-state index in [-0.39, 0.29) is 53.1 Å². The van der Waals surface area contributed by atoms with E-state index in [1.54, 1.807) is 4.90 Å². The summed E-state index contributed by atoms with van der Waals surface area (Å²) in [4.78, 5) is 27.9. The van der Waals surface area contributed by atoms with Gasteiger partial charge in [0.15, 0.2) is 8.32 Å². The number of hydrogen-bond donors (Lipinski definition) is 1. The number of nitrogens with zero attached hydrogens (tertiary/aromatic N) is 1. The zero-order valence-electron chi connectivity index (χ0n) is 20.8. The lowest BCUT2D eigenvalue weighted by Crippen LogP contribution is -2.65. The summed E-state index contributed by atoms with van der Waals surface area (Å²) in [5.41, 5.74) is 0.927. The van der Waals surface area contributed by atoms with Crippen molar-refractivity contribution in [1.29, 1.82) is 0 Å². The fourth-order valence-electron chi connectivity index (χ4n) is 5.41. The lowest BCUT2D eigenvalue weighted by atomic mass is 9.76. The van der Waals surface area contributed by atoms with Crippen molar-refractivity contribution in [2.75, 3.05) is 6.61 Å². The topological polar surface area (TPSA) is 76.1 Å². The molecule has 0 aromatic rings. The summed E-state index contributed by atoms with van der Waals surface area (Å²) in [6.45, 7) is 18.6. The van der Waals surface area contributed by atoms with Gasteiger partial charge >= 0.3 is 5.97 Å². The minimum absolute atomic E-state index is 0.0385. The Morgan fingerprint density at radius 2 is 1.91 bits per heavy atom. The normalized spacial score (nSPS) is 28.4. The van der Waals surface area contributed by atoms with Gasteiger partial charge < -0.3 is 19.2 Å². The van der Waals surface area contributed by atoms with E-state index in [1.165, 1.54) is 6.08 Å². The van der Waals surface area contributed by atoms with Gasteiger partial charge in [-0.25, -0.2) is 4.79 Å². The van der Waals surface area contributed by atoms with Crippen LogP contribution in [0, 0.1) is 17.8 Å². The predicted octanol–water partition coefficient (Wildman–Crippen LogP) is 4.41. The van der Waals surface area contributed by atoms with E-state index in [0.29, 0.717) is 5.57 Å². The molecule has 2 fully saturated rings. The maximum absolute atomic E-state index is 13.4. The Kier molecular flexibility index (Phi) is 7.14. The molecule has 32 heavy (non-hydrogen) atoms. The molecule has 0 spiro atoms. The highest BCUT2D eigenvalue weighted by molar-refractivity contribution is 6.74. The molecule has 1 N–H and O–H groups in total. The second kappa shape index (κ2) is 9.07. The van der Waals surface area contributed by atoms with Crippen molar-refractivity contribution in [3.05, 3.63) is 23.9 Å². The number of carbonyl (C=O) groups excluding carboxylic acids is 2. The molecule has 3 rings (SSSR count). The Labute approximate surface area is 194 Å². The Morgan fingerprint density at radius 3 is 2.44 bits per heavy atom. The van der Waals surface area contributed by atoms with E-state index in [1.807, 2.05) is 13.8 Å². The zero-order valence-corrected chi connectivity index (χ0v) is 21.8. The number of rotatable bonds is 8. The smallest absolute Gasteiger partial charge is 0.355 e. The average Bonchev–Trinajstić information content (AvgIpc) is 3.29. The summed E-state index contributed by atoms with van der Waals surface area (Å²) >= 11 is 0. The number of carbonyl (C=O) groups is 2. The summed E-state index contributed by atoms with van der Waals surface area (Å²) in [7, 11) is -2.06. The van der Waals surface area contributed by atoms with Gasteiger partial charge in [-0.1, -0.05) is 53.2 Å². The molecule has 1 amide bonds. The van der Waals surface area contributed by atoms with E-state index in [9.17, 15) is 14.7 Å². The van der Waals surface area contributed by atoms with Crippen LogP contribution in [0.5, 0.6) is 0 Å². The van der Waals surface area contributed by atoms with Crippen molar-refractivity contribution in [3.8, 4) is 0 Å². The van der Waals surface area contributed by atoms with Crippen molar-refractivity contribution in [2.45, 2.75) is 96.7 Å². The van der Waals surface area contributed by atoms with Gasteiger partial charge in [-0.05, 0) is 49.4 Å². The van der Waals surface area contributed by atoms with Crippen LogP contribution in [0.25, 0.3) is 0 Å². The van der Waals surface area contributed by atoms with Crippen LogP contribution >= 0.6 is 0 Å². The maximum Gasteiger partial charge on any atom is 0.355 e. The van der Waals surface area contributed by atoms with Crippen molar-refractivity contribution in [2.24, 2.45) is 17.8 Å². The molecule has 2 heterocycles. The fourth-order valence-corrected chi connectivity index (χ4v) is 6.84. The van der Waals surface area contributed by atoms with Crippen molar-refractivity contribution >= 4 is 20.2 Å². The zero-order chi connectivity index (χ0) is 24.0. The van der Waals surface area contributed by atoms with E-state index >= 15 is 0 Å². The quantitative estimate of drug-likeness (QED) is 0.250. The standard InChI is InChI=1S/C25H41NO5Si/c1-9-14-30-24(29)21-18(22(27)17-12-10-11-13-17)15(2)20-19(23(28)26(20)21)16(3)31-32(7,8)25(4,5)6/h9,15-17,19-20,22,27H,1,10-14H2,2-8H3/t15-,16+,19+,20?,22+/m0/s1. The van der Waals surface area contributed by atoms with Crippen molar-refractivity contribution < 1.29 is 23.9 Å². The molecule has 7 heteroatoms. The monoisotopic (exact) mass is 463 g/mol. The highest BCUT2D eigenvalue weighted by Crippen LogP contribution is 2.51. The van der Waals surface area contributed by atoms with E-state index in [0.717, 1.165) is 25.7 Å². The number of ether oxygens (including phenoxy) is 1. The van der Waals surface area contributed by atoms with Crippen LogP contribution in [0.2, 0.25) is 18.1 Å². The Bertz CT molecular complexity index is 793. The molecule has 1 aliphatic carbocycles. The largest absolute Gasteiger partial charge is 0.457 e. The molecule has 1 unspecified atom stereocenters. The second-order valence-corrected chi connectivity index (χ2v) is 16.0. The SMILES string of the molecule is C=CCOC(=O)C1=C([C@H](O)C2CCCC2)[C@H](C)C2[C@@H]([C@@H](C)O[Si](C)(C)C(C)(C)C)C(=O)N12. The molecule has 2 aliphatic heterocycles. The van der Waals surface area contributed by atoms with E-state index in [4.69, 9.17) is 9.16 Å². The third-order valence-electron chi connectivity index (χ3n) is 8.19. The van der Waals surface area contributed by atoms with Crippen molar-refractivity contribution in [1.82, 2.24) is 4.90 Å². The number of esters is 1. The Balaban J connectivity index is 1.90. The molecule has 0 bridgehead atoms. The molecule has 0 radical (unpaired) electrons. The van der Waals surface area contributed by atoms with Crippen LogP contribution in [0.3, 0.4) is 0 Å². The summed E-state index contributed by atoms with van der Waals surface area (Å²) in [6.07, 6.45) is 4.60. The fraction of sp³-hybridized carbons (Fsp3) is 0.760. The number of β-lactam (4-membered cyclic amide) rings is 1. The molecule has 1 saturated carbocycles. The summed E-state index contributed by atoms with van der Waals surface area (Å²) in [5, 5.41) is 11.3. The van der Waals surface area contributed by atoms with Crippen LogP contribution in [-0.4, -0.2) is 55.1 Å². The first-order chi connectivity index (χ1) is 14.8. The van der Waals surface area contributed by atoms with E-state index in [2.05, 4.69) is 40.4 Å². The average molecular weight is 464 g/mol. The number of amides is 1. The molecule has 1 saturated heterocycles. The maximum atomic E-state index is 13.4. The molecule has 180 valence electrons. The first-order valence-corrected chi connectivity index (χ1v) is 14.9. The highest BCUT2D eigenvalue weighted by atomic mass is 28.4. The molecule has 3 aliphatic rings. The van der Waals surface area contributed by atoms with Crippen LogP contribution in [0.4, 0.5) is 0 Å². The van der Waals surface area contributed by atoms with Gasteiger partial charge in [0.1, 0.15) is 12.3 Å². The minimum Gasteiger partial charge on any atom is -0.457 e. The number of aliphatic hydroxyl groups is 1. The predicted molar refractivity (Wildman–Crippen MR) is 127 cm³/mol. The van der Waals surface area contributed by atoms with Gasteiger partial charge in [-0.2, -0.15) is 0 Å².